The van der Waals surface area contributed by atoms with E-state index in [1.807, 2.05) is 12.1 Å². The van der Waals surface area contributed by atoms with E-state index in [0.717, 1.165) is 37.4 Å². The fourth-order valence-corrected chi connectivity index (χ4v) is 2.21. The van der Waals surface area contributed by atoms with Crippen LogP contribution in [0.25, 0.3) is 0 Å². The van der Waals surface area contributed by atoms with Gasteiger partial charge in [0.15, 0.2) is 0 Å². The van der Waals surface area contributed by atoms with Crippen LogP contribution in [0.1, 0.15) is 25.7 Å². The number of pyridine rings is 1. The molecule has 1 amide bonds. The van der Waals surface area contributed by atoms with E-state index in [2.05, 4.69) is 15.2 Å². The molecule has 1 aromatic heterocycles. The molecule has 3 N–H and O–H groups in total. The van der Waals surface area contributed by atoms with Gasteiger partial charge >= 0.3 is 0 Å². The first-order chi connectivity index (χ1) is 8.67. The molecule has 1 aromatic rings. The maximum absolute atomic E-state index is 11.8. The van der Waals surface area contributed by atoms with Crippen molar-refractivity contribution in [3.8, 4) is 0 Å². The van der Waals surface area contributed by atoms with E-state index in [9.17, 15) is 4.79 Å². The maximum atomic E-state index is 11.8. The lowest BCUT2D eigenvalue weighted by Crippen LogP contribution is -2.37. The number of carbonyl (C=O) groups excluding carboxylic acids is 1. The minimum absolute atomic E-state index is 0.0989. The van der Waals surface area contributed by atoms with Gasteiger partial charge in [-0.25, -0.2) is 4.98 Å². The molecule has 1 saturated carbocycles. The molecule has 18 heavy (non-hydrogen) atoms. The normalized spacial score (nSPS) is 20.8. The first-order valence-electron chi connectivity index (χ1n) is 6.49. The van der Waals surface area contributed by atoms with Crippen molar-refractivity contribution in [3.63, 3.8) is 0 Å². The van der Waals surface area contributed by atoms with E-state index in [-0.39, 0.29) is 5.91 Å². The molecular formula is C13H18N4O. The molecular weight excluding hydrogens is 228 g/mol. The molecule has 1 saturated heterocycles. The van der Waals surface area contributed by atoms with Crippen molar-refractivity contribution >= 4 is 17.4 Å². The second kappa shape index (κ2) is 4.24. The third kappa shape index (κ3) is 2.18. The molecule has 3 rings (SSSR count). The largest absolute Gasteiger partial charge is 0.357 e. The summed E-state index contributed by atoms with van der Waals surface area (Å²) in [4.78, 5) is 18.4. The second-order valence-corrected chi connectivity index (χ2v) is 5.21. The number of carbonyl (C=O) groups is 1. The monoisotopic (exact) mass is 246 g/mol. The summed E-state index contributed by atoms with van der Waals surface area (Å²) in [6.07, 6.45) is 5.72. The zero-order valence-electron chi connectivity index (χ0n) is 10.4. The number of nitrogens with two attached hydrogens (primary N) is 1. The first-order valence-corrected chi connectivity index (χ1v) is 6.49. The smallest absolute Gasteiger partial charge is 0.244 e. The van der Waals surface area contributed by atoms with Crippen molar-refractivity contribution in [3.05, 3.63) is 18.3 Å². The van der Waals surface area contributed by atoms with Crippen molar-refractivity contribution in [2.75, 3.05) is 23.3 Å². The minimum Gasteiger partial charge on any atom is -0.357 e. The molecule has 96 valence electrons. The fourth-order valence-electron chi connectivity index (χ4n) is 2.21. The van der Waals surface area contributed by atoms with Gasteiger partial charge in [0, 0.05) is 13.1 Å². The highest BCUT2D eigenvalue weighted by atomic mass is 16.2. The first kappa shape index (κ1) is 11.5. The summed E-state index contributed by atoms with van der Waals surface area (Å²) >= 11 is 0. The van der Waals surface area contributed by atoms with Crippen LogP contribution < -0.4 is 16.0 Å². The van der Waals surface area contributed by atoms with Crippen molar-refractivity contribution in [1.29, 1.82) is 0 Å². The summed E-state index contributed by atoms with van der Waals surface area (Å²) in [6, 6.07) is 3.85. The zero-order valence-corrected chi connectivity index (χ0v) is 10.4. The highest BCUT2D eigenvalue weighted by molar-refractivity contribution is 5.99. The van der Waals surface area contributed by atoms with E-state index in [1.165, 1.54) is 12.8 Å². The fraction of sp³-hybridized carbons (Fsp3) is 0.538. The molecule has 2 fully saturated rings. The molecule has 0 bridgehead atoms. The van der Waals surface area contributed by atoms with Gasteiger partial charge in [0.1, 0.15) is 5.82 Å². The lowest BCUT2D eigenvalue weighted by Gasteiger charge is -2.16. The van der Waals surface area contributed by atoms with Crippen molar-refractivity contribution in [1.82, 2.24) is 4.98 Å². The van der Waals surface area contributed by atoms with E-state index in [4.69, 9.17) is 5.73 Å². The Balaban J connectivity index is 1.65. The van der Waals surface area contributed by atoms with Gasteiger partial charge < -0.3 is 16.0 Å². The molecule has 2 aliphatic rings. The van der Waals surface area contributed by atoms with Crippen LogP contribution in [-0.2, 0) is 4.79 Å². The number of amides is 1. The third-order valence-corrected chi connectivity index (χ3v) is 3.68. The summed E-state index contributed by atoms with van der Waals surface area (Å²) in [5.74, 6) is 0.887. The van der Waals surface area contributed by atoms with Crippen LogP contribution in [0.3, 0.4) is 0 Å². The van der Waals surface area contributed by atoms with Crippen LogP contribution in [0, 0.1) is 0 Å². The number of rotatable bonds is 3. The van der Waals surface area contributed by atoms with Crippen molar-refractivity contribution < 1.29 is 4.79 Å². The maximum Gasteiger partial charge on any atom is 0.244 e. The Labute approximate surface area is 106 Å². The Kier molecular flexibility index (Phi) is 2.70. The lowest BCUT2D eigenvalue weighted by atomic mass is 10.2. The molecule has 1 aliphatic carbocycles. The predicted molar refractivity (Wildman–Crippen MR) is 70.5 cm³/mol. The highest BCUT2D eigenvalue weighted by Gasteiger charge is 2.45. The molecule has 0 aromatic carbocycles. The lowest BCUT2D eigenvalue weighted by molar-refractivity contribution is -0.118. The van der Waals surface area contributed by atoms with E-state index >= 15 is 0 Å². The minimum atomic E-state index is -0.631. The average Bonchev–Trinajstić information content (AvgIpc) is 2.94. The van der Waals surface area contributed by atoms with Crippen LogP contribution >= 0.6 is 0 Å². The summed E-state index contributed by atoms with van der Waals surface area (Å²) in [6.45, 7) is 2.15. The van der Waals surface area contributed by atoms with Crippen LogP contribution in [0.15, 0.2) is 18.3 Å². The van der Waals surface area contributed by atoms with Gasteiger partial charge in [-0.1, -0.05) is 0 Å². The van der Waals surface area contributed by atoms with E-state index < -0.39 is 5.54 Å². The quantitative estimate of drug-likeness (QED) is 0.838. The van der Waals surface area contributed by atoms with Gasteiger partial charge in [0.05, 0.1) is 17.4 Å². The van der Waals surface area contributed by atoms with Crippen molar-refractivity contribution in [2.45, 2.75) is 31.2 Å². The molecule has 0 atom stereocenters. The molecule has 1 aliphatic heterocycles. The Hall–Kier alpha value is -1.62. The number of nitrogens with one attached hydrogen (secondary N) is 1. The number of nitrogens with zero attached hydrogens (tertiary/aromatic N) is 2. The van der Waals surface area contributed by atoms with Crippen LogP contribution in [0.5, 0.6) is 0 Å². The molecule has 2 heterocycles. The van der Waals surface area contributed by atoms with Crippen LogP contribution in [0.4, 0.5) is 11.5 Å². The second-order valence-electron chi connectivity index (χ2n) is 5.21. The van der Waals surface area contributed by atoms with Gasteiger partial charge in [-0.05, 0) is 37.8 Å². The SMILES string of the molecule is NC1(C(=O)Nc2ccc(N3CCCC3)nc2)CC1. The average molecular weight is 246 g/mol. The Morgan fingerprint density at radius 1 is 1.33 bits per heavy atom. The summed E-state index contributed by atoms with van der Waals surface area (Å²) in [5, 5.41) is 2.82. The predicted octanol–water partition coefficient (Wildman–Crippen LogP) is 1.11. The molecule has 0 unspecified atom stereocenters. The van der Waals surface area contributed by atoms with Gasteiger partial charge in [-0.3, -0.25) is 4.79 Å². The molecule has 5 nitrogen and oxygen atoms in total. The Morgan fingerprint density at radius 2 is 2.06 bits per heavy atom. The van der Waals surface area contributed by atoms with Gasteiger partial charge in [-0.2, -0.15) is 0 Å². The van der Waals surface area contributed by atoms with E-state index in [0.29, 0.717) is 0 Å². The Morgan fingerprint density at radius 3 is 2.61 bits per heavy atom. The third-order valence-electron chi connectivity index (χ3n) is 3.68. The highest BCUT2D eigenvalue weighted by Crippen LogP contribution is 2.33. The number of hydrogen-bond acceptors (Lipinski definition) is 4. The topological polar surface area (TPSA) is 71.2 Å². The summed E-state index contributed by atoms with van der Waals surface area (Å²) in [7, 11) is 0. The summed E-state index contributed by atoms with van der Waals surface area (Å²) in [5.41, 5.74) is 5.92. The van der Waals surface area contributed by atoms with Gasteiger partial charge in [-0.15, -0.1) is 0 Å². The van der Waals surface area contributed by atoms with Crippen molar-refractivity contribution in [2.24, 2.45) is 5.73 Å². The van der Waals surface area contributed by atoms with E-state index in [1.54, 1.807) is 6.20 Å². The van der Waals surface area contributed by atoms with Gasteiger partial charge in [0.2, 0.25) is 5.91 Å². The summed E-state index contributed by atoms with van der Waals surface area (Å²) < 4.78 is 0. The van der Waals surface area contributed by atoms with Crippen LogP contribution in [0.2, 0.25) is 0 Å². The number of anilines is 2. The molecule has 0 radical (unpaired) electrons. The van der Waals surface area contributed by atoms with Crippen LogP contribution in [-0.4, -0.2) is 29.5 Å². The molecule has 0 spiro atoms. The number of hydrogen-bond donors (Lipinski definition) is 2. The number of aromatic nitrogens is 1. The standard InChI is InChI=1S/C13H18N4O/c14-13(5-6-13)12(18)16-10-3-4-11(15-9-10)17-7-1-2-8-17/h3-4,9H,1-2,5-8,14H2,(H,16,18). The zero-order chi connectivity index (χ0) is 12.6. The molecule has 5 heteroatoms. The van der Waals surface area contributed by atoms with Gasteiger partial charge in [0.25, 0.3) is 0 Å². The Bertz CT molecular complexity index is 447.